The van der Waals surface area contributed by atoms with Crippen molar-refractivity contribution in [2.75, 3.05) is 7.11 Å². The number of carbonyl (C=O) groups excluding carboxylic acids is 2. The quantitative estimate of drug-likeness (QED) is 0.695. The largest absolute Gasteiger partial charge is 0.452 e. The fourth-order valence-corrected chi connectivity index (χ4v) is 2.70. The maximum Gasteiger partial charge on any atom is 0.417 e. The van der Waals surface area contributed by atoms with Crippen molar-refractivity contribution in [3.05, 3.63) is 29.8 Å². The van der Waals surface area contributed by atoms with Crippen LogP contribution in [0.15, 0.2) is 29.2 Å². The molecule has 0 radical (unpaired) electrons. The Bertz CT molecular complexity index is 447. The van der Waals surface area contributed by atoms with Crippen LogP contribution >= 0.6 is 11.8 Å². The fraction of sp³-hybridized carbons (Fsp3) is 0.273. The monoisotopic (exact) mass is 237 g/mol. The van der Waals surface area contributed by atoms with Crippen LogP contribution < -0.4 is 0 Å². The lowest BCUT2D eigenvalue weighted by Crippen LogP contribution is -2.44. The van der Waals surface area contributed by atoms with Crippen molar-refractivity contribution < 1.29 is 14.3 Å². The Balaban J connectivity index is 2.42. The van der Waals surface area contributed by atoms with Crippen LogP contribution in [0.25, 0.3) is 0 Å². The molecule has 1 aromatic rings. The molecule has 1 unspecified atom stereocenters. The van der Waals surface area contributed by atoms with Gasteiger partial charge in [0.25, 0.3) is 5.91 Å². The van der Waals surface area contributed by atoms with E-state index < -0.39 is 6.09 Å². The first-order chi connectivity index (χ1) is 7.65. The van der Waals surface area contributed by atoms with E-state index in [0.717, 1.165) is 9.80 Å². The number of methoxy groups -OCH3 is 1. The number of hydrogen-bond acceptors (Lipinski definition) is 4. The molecule has 0 bridgehead atoms. The van der Waals surface area contributed by atoms with Gasteiger partial charge in [-0.3, -0.25) is 4.79 Å². The van der Waals surface area contributed by atoms with Crippen molar-refractivity contribution in [1.29, 1.82) is 0 Å². The Hall–Kier alpha value is -1.49. The Morgan fingerprint density at radius 1 is 1.44 bits per heavy atom. The van der Waals surface area contributed by atoms with Gasteiger partial charge in [-0.05, 0) is 19.1 Å². The highest BCUT2D eigenvalue weighted by atomic mass is 32.2. The lowest BCUT2D eigenvalue weighted by molar-refractivity contribution is 0.0687. The average Bonchev–Trinajstić information content (AvgIpc) is 2.28. The average molecular weight is 237 g/mol. The minimum atomic E-state index is -0.612. The van der Waals surface area contributed by atoms with Crippen molar-refractivity contribution >= 4 is 23.8 Å². The molecule has 4 nitrogen and oxygen atoms in total. The highest BCUT2D eigenvalue weighted by molar-refractivity contribution is 8.00. The molecule has 16 heavy (non-hydrogen) atoms. The van der Waals surface area contributed by atoms with Crippen LogP contribution in [0.3, 0.4) is 0 Å². The van der Waals surface area contributed by atoms with Gasteiger partial charge < -0.3 is 4.74 Å². The Morgan fingerprint density at radius 3 is 2.81 bits per heavy atom. The topological polar surface area (TPSA) is 46.6 Å². The summed E-state index contributed by atoms with van der Waals surface area (Å²) < 4.78 is 4.60. The molecule has 0 N–H and O–H groups in total. The van der Waals surface area contributed by atoms with Crippen molar-refractivity contribution in [3.8, 4) is 0 Å². The molecule has 2 amide bonds. The van der Waals surface area contributed by atoms with Gasteiger partial charge in [-0.25, -0.2) is 9.69 Å². The van der Waals surface area contributed by atoms with Crippen LogP contribution in [0, 0.1) is 0 Å². The number of rotatable bonds is 0. The molecular weight excluding hydrogens is 226 g/mol. The minimum absolute atomic E-state index is 0.241. The van der Waals surface area contributed by atoms with E-state index in [1.54, 1.807) is 19.1 Å². The second-order valence-electron chi connectivity index (χ2n) is 3.36. The molecule has 1 aromatic carbocycles. The van der Waals surface area contributed by atoms with E-state index in [4.69, 9.17) is 0 Å². The summed E-state index contributed by atoms with van der Waals surface area (Å²) >= 11 is 1.47. The first-order valence-electron chi connectivity index (χ1n) is 4.82. The number of nitrogens with zero attached hydrogens (tertiary/aromatic N) is 1. The number of imide groups is 1. The van der Waals surface area contributed by atoms with Gasteiger partial charge >= 0.3 is 6.09 Å². The Labute approximate surface area is 97.6 Å². The molecule has 0 aromatic heterocycles. The van der Waals surface area contributed by atoms with Gasteiger partial charge in [0, 0.05) is 4.90 Å². The number of amides is 2. The SMILES string of the molecule is COC(=O)N1C(=O)c2ccccc2SC1C. The first kappa shape index (κ1) is 11.0. The molecule has 0 aliphatic carbocycles. The fourth-order valence-electron chi connectivity index (χ4n) is 1.61. The van der Waals surface area contributed by atoms with Crippen LogP contribution in [0.4, 0.5) is 4.79 Å². The highest BCUT2D eigenvalue weighted by Crippen LogP contribution is 2.35. The maximum absolute atomic E-state index is 12.0. The summed E-state index contributed by atoms with van der Waals surface area (Å²) in [6.45, 7) is 1.80. The van der Waals surface area contributed by atoms with Gasteiger partial charge in [0.2, 0.25) is 0 Å². The van der Waals surface area contributed by atoms with E-state index in [-0.39, 0.29) is 11.3 Å². The summed E-state index contributed by atoms with van der Waals surface area (Å²) in [7, 11) is 1.27. The van der Waals surface area contributed by atoms with E-state index >= 15 is 0 Å². The third-order valence-electron chi connectivity index (χ3n) is 2.37. The summed E-state index contributed by atoms with van der Waals surface area (Å²) in [6.07, 6.45) is -0.612. The molecule has 0 saturated heterocycles. The second kappa shape index (κ2) is 4.17. The second-order valence-corrected chi connectivity index (χ2v) is 4.72. The number of thioether (sulfide) groups is 1. The third kappa shape index (κ3) is 1.67. The maximum atomic E-state index is 12.0. The summed E-state index contributed by atoms with van der Waals surface area (Å²) in [5, 5.41) is -0.241. The van der Waals surface area contributed by atoms with E-state index in [9.17, 15) is 9.59 Å². The predicted octanol–water partition coefficient (Wildman–Crippen LogP) is 2.35. The van der Waals surface area contributed by atoms with E-state index in [2.05, 4.69) is 4.74 Å². The zero-order chi connectivity index (χ0) is 11.7. The van der Waals surface area contributed by atoms with E-state index in [1.165, 1.54) is 18.9 Å². The van der Waals surface area contributed by atoms with Crippen LogP contribution in [-0.2, 0) is 4.74 Å². The van der Waals surface area contributed by atoms with E-state index in [1.807, 2.05) is 12.1 Å². The molecule has 0 fully saturated rings. The van der Waals surface area contributed by atoms with Gasteiger partial charge in [0.1, 0.15) is 0 Å². The molecule has 84 valence electrons. The number of benzene rings is 1. The third-order valence-corrected chi connectivity index (χ3v) is 3.53. The van der Waals surface area contributed by atoms with Crippen LogP contribution in [0.5, 0.6) is 0 Å². The molecule has 5 heteroatoms. The molecule has 2 rings (SSSR count). The Kier molecular flexibility index (Phi) is 2.87. The number of ether oxygens (including phenoxy) is 1. The van der Waals surface area contributed by atoms with Gasteiger partial charge in [-0.1, -0.05) is 23.9 Å². The lowest BCUT2D eigenvalue weighted by atomic mass is 10.2. The van der Waals surface area contributed by atoms with Crippen LogP contribution in [-0.4, -0.2) is 29.4 Å². The molecule has 1 aliphatic heterocycles. The summed E-state index contributed by atoms with van der Waals surface area (Å²) in [4.78, 5) is 25.5. The summed E-state index contributed by atoms with van der Waals surface area (Å²) in [5.41, 5.74) is 0.552. The molecular formula is C11H11NO3S. The zero-order valence-electron chi connectivity index (χ0n) is 8.97. The normalized spacial score (nSPS) is 19.2. The van der Waals surface area contributed by atoms with Crippen LogP contribution in [0.2, 0.25) is 0 Å². The van der Waals surface area contributed by atoms with Gasteiger partial charge in [0.15, 0.2) is 0 Å². The lowest BCUT2D eigenvalue weighted by Gasteiger charge is -2.30. The molecule has 1 atom stereocenters. The predicted molar refractivity (Wildman–Crippen MR) is 60.3 cm³/mol. The molecule has 0 spiro atoms. The molecule has 0 saturated carbocycles. The van der Waals surface area contributed by atoms with Crippen molar-refractivity contribution in [2.24, 2.45) is 0 Å². The summed E-state index contributed by atoms with van der Waals surface area (Å²) in [5.74, 6) is -0.297. The minimum Gasteiger partial charge on any atom is -0.452 e. The number of hydrogen-bond donors (Lipinski definition) is 0. The zero-order valence-corrected chi connectivity index (χ0v) is 9.78. The van der Waals surface area contributed by atoms with Gasteiger partial charge in [-0.2, -0.15) is 0 Å². The van der Waals surface area contributed by atoms with Crippen molar-refractivity contribution in [3.63, 3.8) is 0 Å². The van der Waals surface area contributed by atoms with E-state index in [0.29, 0.717) is 5.56 Å². The summed E-state index contributed by atoms with van der Waals surface area (Å²) in [6, 6.07) is 7.25. The first-order valence-corrected chi connectivity index (χ1v) is 5.70. The van der Waals surface area contributed by atoms with Crippen molar-refractivity contribution in [2.45, 2.75) is 17.2 Å². The molecule has 1 aliphatic rings. The Morgan fingerprint density at radius 2 is 2.12 bits per heavy atom. The number of fused-ring (bicyclic) bond motifs is 1. The van der Waals surface area contributed by atoms with Gasteiger partial charge in [-0.15, -0.1) is 0 Å². The van der Waals surface area contributed by atoms with Gasteiger partial charge in [0.05, 0.1) is 18.0 Å². The smallest absolute Gasteiger partial charge is 0.417 e. The highest BCUT2D eigenvalue weighted by Gasteiger charge is 2.35. The van der Waals surface area contributed by atoms with Crippen LogP contribution in [0.1, 0.15) is 17.3 Å². The number of carbonyl (C=O) groups is 2. The molecule has 1 heterocycles. The standard InChI is InChI=1S/C11H11NO3S/c1-7-12(11(14)15-2)10(13)8-5-3-4-6-9(8)16-7/h3-7H,1-2H3. The van der Waals surface area contributed by atoms with Crippen molar-refractivity contribution in [1.82, 2.24) is 4.90 Å².